The summed E-state index contributed by atoms with van der Waals surface area (Å²) in [5.41, 5.74) is 4.82. The molecule has 6 nitrogen and oxygen atoms in total. The Labute approximate surface area is 183 Å². The molecule has 3 amide bonds. The quantitative estimate of drug-likeness (QED) is 0.726. The van der Waals surface area contributed by atoms with Crippen molar-refractivity contribution in [2.45, 2.75) is 20.3 Å². The monoisotopic (exact) mass is 426 g/mol. The number of anilines is 3. The van der Waals surface area contributed by atoms with Crippen molar-refractivity contribution in [3.8, 4) is 0 Å². The molecule has 0 spiro atoms. The first-order valence-corrected chi connectivity index (χ1v) is 11.5. The zero-order valence-electron chi connectivity index (χ0n) is 17.9. The van der Waals surface area contributed by atoms with Gasteiger partial charge in [0.05, 0.1) is 0 Å². The third kappa shape index (κ3) is 5.69. The molecule has 0 aliphatic carbocycles. The molecule has 7 heteroatoms. The van der Waals surface area contributed by atoms with Gasteiger partial charge in [-0.15, -0.1) is 0 Å². The molecule has 1 saturated heterocycles. The minimum atomic E-state index is -0.306. The molecule has 3 rings (SSSR count). The highest BCUT2D eigenvalue weighted by molar-refractivity contribution is 7.99. The van der Waals surface area contributed by atoms with Gasteiger partial charge in [-0.25, -0.2) is 4.79 Å². The van der Waals surface area contributed by atoms with E-state index in [0.29, 0.717) is 0 Å². The second-order valence-corrected chi connectivity index (χ2v) is 8.67. The van der Waals surface area contributed by atoms with Crippen LogP contribution in [0.1, 0.15) is 18.1 Å². The second kappa shape index (κ2) is 10.4. The summed E-state index contributed by atoms with van der Waals surface area (Å²) in [5.74, 6) is 2.07. The average Bonchev–Trinajstić information content (AvgIpc) is 2.76. The summed E-state index contributed by atoms with van der Waals surface area (Å²) in [6, 6.07) is 13.5. The molecule has 1 fully saturated rings. The van der Waals surface area contributed by atoms with Crippen molar-refractivity contribution in [2.24, 2.45) is 0 Å². The van der Waals surface area contributed by atoms with Gasteiger partial charge in [-0.2, -0.15) is 11.8 Å². The lowest BCUT2D eigenvalue weighted by Gasteiger charge is -2.29. The van der Waals surface area contributed by atoms with E-state index in [1.54, 1.807) is 7.05 Å². The Hall–Kier alpha value is -2.67. The van der Waals surface area contributed by atoms with Gasteiger partial charge in [-0.1, -0.05) is 25.1 Å². The molecular weight excluding hydrogens is 396 g/mol. The standard InChI is InChI=1S/C23H30N4O2S/c1-4-18-7-5-6-8-21(18)24-22(28)16-26(3)23(29)25-20-10-9-19(15-17(20)2)27-11-13-30-14-12-27/h5-10,15H,4,11-14,16H2,1-3H3,(H,24,28)(H,25,29). The van der Waals surface area contributed by atoms with Crippen molar-refractivity contribution in [3.05, 3.63) is 53.6 Å². The van der Waals surface area contributed by atoms with E-state index >= 15 is 0 Å². The third-order valence-corrected chi connectivity index (χ3v) is 6.17. The smallest absolute Gasteiger partial charge is 0.322 e. The summed E-state index contributed by atoms with van der Waals surface area (Å²) >= 11 is 1.98. The number of benzene rings is 2. The zero-order valence-corrected chi connectivity index (χ0v) is 18.7. The Morgan fingerprint density at radius 1 is 1.07 bits per heavy atom. The number of amides is 3. The summed E-state index contributed by atoms with van der Waals surface area (Å²) < 4.78 is 0. The van der Waals surface area contributed by atoms with Gasteiger partial charge in [0.15, 0.2) is 0 Å². The molecule has 0 unspecified atom stereocenters. The Morgan fingerprint density at radius 3 is 2.50 bits per heavy atom. The maximum Gasteiger partial charge on any atom is 0.322 e. The number of urea groups is 1. The average molecular weight is 427 g/mol. The van der Waals surface area contributed by atoms with E-state index in [0.717, 1.165) is 53.5 Å². The van der Waals surface area contributed by atoms with Gasteiger partial charge in [0.25, 0.3) is 0 Å². The number of carbonyl (C=O) groups is 2. The van der Waals surface area contributed by atoms with Crippen molar-refractivity contribution in [1.82, 2.24) is 4.90 Å². The van der Waals surface area contributed by atoms with Crippen molar-refractivity contribution in [2.75, 3.05) is 53.7 Å². The van der Waals surface area contributed by atoms with Gasteiger partial charge in [-0.3, -0.25) is 4.79 Å². The maximum absolute atomic E-state index is 12.6. The fourth-order valence-corrected chi connectivity index (χ4v) is 4.35. The molecule has 0 bridgehead atoms. The lowest BCUT2D eigenvalue weighted by atomic mass is 10.1. The summed E-state index contributed by atoms with van der Waals surface area (Å²) in [7, 11) is 1.62. The Bertz CT molecular complexity index is 897. The Balaban J connectivity index is 1.56. The van der Waals surface area contributed by atoms with Crippen molar-refractivity contribution >= 4 is 40.8 Å². The number of nitrogens with zero attached hydrogens (tertiary/aromatic N) is 2. The number of thioether (sulfide) groups is 1. The second-order valence-electron chi connectivity index (χ2n) is 7.44. The van der Waals surface area contributed by atoms with E-state index in [-0.39, 0.29) is 18.5 Å². The lowest BCUT2D eigenvalue weighted by molar-refractivity contribution is -0.116. The van der Waals surface area contributed by atoms with E-state index in [1.807, 2.05) is 62.0 Å². The van der Waals surface area contributed by atoms with Gasteiger partial charge in [0.1, 0.15) is 6.54 Å². The molecule has 0 saturated carbocycles. The number of hydrogen-bond donors (Lipinski definition) is 2. The molecule has 0 aromatic heterocycles. The van der Waals surface area contributed by atoms with Gasteiger partial charge >= 0.3 is 6.03 Å². The number of likely N-dealkylation sites (N-methyl/N-ethyl adjacent to an activating group) is 1. The van der Waals surface area contributed by atoms with Crippen LogP contribution in [-0.2, 0) is 11.2 Å². The third-order valence-electron chi connectivity index (χ3n) is 5.23. The Morgan fingerprint density at radius 2 is 1.80 bits per heavy atom. The summed E-state index contributed by atoms with van der Waals surface area (Å²) in [5, 5.41) is 5.81. The van der Waals surface area contributed by atoms with Crippen LogP contribution in [0, 0.1) is 6.92 Å². The highest BCUT2D eigenvalue weighted by Gasteiger charge is 2.16. The summed E-state index contributed by atoms with van der Waals surface area (Å²) in [6.07, 6.45) is 0.832. The van der Waals surface area contributed by atoms with Crippen molar-refractivity contribution in [3.63, 3.8) is 0 Å². The van der Waals surface area contributed by atoms with Gasteiger partial charge in [0.2, 0.25) is 5.91 Å². The van der Waals surface area contributed by atoms with E-state index in [4.69, 9.17) is 0 Å². The lowest BCUT2D eigenvalue weighted by Crippen LogP contribution is -2.38. The van der Waals surface area contributed by atoms with Crippen LogP contribution >= 0.6 is 11.8 Å². The van der Waals surface area contributed by atoms with Gasteiger partial charge < -0.3 is 20.4 Å². The summed E-state index contributed by atoms with van der Waals surface area (Å²) in [6.45, 7) is 6.12. The predicted molar refractivity (Wildman–Crippen MR) is 127 cm³/mol. The van der Waals surface area contributed by atoms with E-state index in [2.05, 4.69) is 21.6 Å². The fraction of sp³-hybridized carbons (Fsp3) is 0.391. The topological polar surface area (TPSA) is 64.7 Å². The fourth-order valence-electron chi connectivity index (χ4n) is 3.44. The molecule has 2 aromatic rings. The molecule has 2 N–H and O–H groups in total. The van der Waals surface area contributed by atoms with Crippen molar-refractivity contribution < 1.29 is 9.59 Å². The van der Waals surface area contributed by atoms with Crippen LogP contribution < -0.4 is 15.5 Å². The number of hydrogen-bond acceptors (Lipinski definition) is 4. The van der Waals surface area contributed by atoms with Crippen LogP contribution in [0.2, 0.25) is 0 Å². The molecule has 30 heavy (non-hydrogen) atoms. The highest BCUT2D eigenvalue weighted by atomic mass is 32.2. The number of carbonyl (C=O) groups excluding carboxylic acids is 2. The zero-order chi connectivity index (χ0) is 21.5. The Kier molecular flexibility index (Phi) is 7.63. The van der Waals surface area contributed by atoms with E-state index in [9.17, 15) is 9.59 Å². The SMILES string of the molecule is CCc1ccccc1NC(=O)CN(C)C(=O)Nc1ccc(N2CCSCC2)cc1C. The van der Waals surface area contributed by atoms with Crippen LogP contribution in [0.5, 0.6) is 0 Å². The minimum Gasteiger partial charge on any atom is -0.370 e. The first-order chi connectivity index (χ1) is 14.5. The molecule has 160 valence electrons. The number of para-hydroxylation sites is 1. The van der Waals surface area contributed by atoms with Crippen LogP contribution in [0.15, 0.2) is 42.5 Å². The van der Waals surface area contributed by atoms with E-state index < -0.39 is 0 Å². The molecule has 1 aliphatic rings. The van der Waals surface area contributed by atoms with Crippen LogP contribution in [-0.4, -0.2) is 55.0 Å². The molecule has 2 aromatic carbocycles. The predicted octanol–water partition coefficient (Wildman–Crippen LogP) is 4.21. The van der Waals surface area contributed by atoms with Gasteiger partial charge in [-0.05, 0) is 48.7 Å². The summed E-state index contributed by atoms with van der Waals surface area (Å²) in [4.78, 5) is 28.7. The highest BCUT2D eigenvalue weighted by Crippen LogP contribution is 2.25. The van der Waals surface area contributed by atoms with E-state index in [1.165, 1.54) is 10.6 Å². The molecule has 0 radical (unpaired) electrons. The molecule has 0 atom stereocenters. The van der Waals surface area contributed by atoms with Gasteiger partial charge in [0, 0.05) is 48.7 Å². The molecule has 1 heterocycles. The van der Waals surface area contributed by atoms with Crippen LogP contribution in [0.25, 0.3) is 0 Å². The first kappa shape index (κ1) is 22.0. The number of nitrogens with one attached hydrogen (secondary N) is 2. The normalized spacial score (nSPS) is 13.6. The molecular formula is C23H30N4O2S. The molecule has 1 aliphatic heterocycles. The minimum absolute atomic E-state index is 0.0214. The van der Waals surface area contributed by atoms with Crippen LogP contribution in [0.4, 0.5) is 21.9 Å². The number of aryl methyl sites for hydroxylation is 2. The first-order valence-electron chi connectivity index (χ1n) is 10.3. The largest absolute Gasteiger partial charge is 0.370 e. The maximum atomic E-state index is 12.6. The number of rotatable bonds is 6. The van der Waals surface area contributed by atoms with Crippen molar-refractivity contribution in [1.29, 1.82) is 0 Å². The van der Waals surface area contributed by atoms with Crippen LogP contribution in [0.3, 0.4) is 0 Å².